The summed E-state index contributed by atoms with van der Waals surface area (Å²) >= 11 is 0. The Hall–Kier alpha value is -1.55. The Morgan fingerprint density at radius 1 is 1.35 bits per heavy atom. The van der Waals surface area contributed by atoms with Gasteiger partial charge in [-0.05, 0) is 44.9 Å². The summed E-state index contributed by atoms with van der Waals surface area (Å²) in [6.07, 6.45) is 0.735. The summed E-state index contributed by atoms with van der Waals surface area (Å²) in [6.45, 7) is 9.14. The molecule has 1 aromatic rings. The smallest absolute Gasteiger partial charge is 0.323 e. The molecule has 112 valence electrons. The van der Waals surface area contributed by atoms with E-state index in [4.69, 9.17) is 10.5 Å². The van der Waals surface area contributed by atoms with Crippen molar-refractivity contribution in [3.05, 3.63) is 29.8 Å². The first-order chi connectivity index (χ1) is 9.49. The van der Waals surface area contributed by atoms with Gasteiger partial charge >= 0.3 is 5.97 Å². The van der Waals surface area contributed by atoms with Gasteiger partial charge in [0, 0.05) is 18.3 Å². The lowest BCUT2D eigenvalue weighted by Crippen LogP contribution is -2.45. The van der Waals surface area contributed by atoms with Crippen LogP contribution >= 0.6 is 0 Å². The number of hydrogen-bond donors (Lipinski definition) is 1. The monoisotopic (exact) mass is 278 g/mol. The number of nitrogens with zero attached hydrogens (tertiary/aromatic N) is 1. The number of anilines is 1. The molecule has 0 aliphatic rings. The second-order valence-corrected chi connectivity index (χ2v) is 5.19. The maximum atomic E-state index is 12.1. The number of ether oxygens (including phenoxy) is 1. The SMILES string of the molecule is CCOC(=O)C(CC)N(Cc1cccc(N)c1)C(C)C. The number of nitrogens with two attached hydrogens (primary N) is 1. The lowest BCUT2D eigenvalue weighted by Gasteiger charge is -2.33. The van der Waals surface area contributed by atoms with E-state index in [2.05, 4.69) is 18.7 Å². The summed E-state index contributed by atoms with van der Waals surface area (Å²) in [5.74, 6) is -0.146. The summed E-state index contributed by atoms with van der Waals surface area (Å²) in [5.41, 5.74) is 7.67. The highest BCUT2D eigenvalue weighted by atomic mass is 16.5. The van der Waals surface area contributed by atoms with E-state index < -0.39 is 0 Å². The first-order valence-electron chi connectivity index (χ1n) is 7.26. The molecule has 0 spiro atoms. The van der Waals surface area contributed by atoms with E-state index >= 15 is 0 Å². The van der Waals surface area contributed by atoms with Crippen molar-refractivity contribution < 1.29 is 9.53 Å². The van der Waals surface area contributed by atoms with Crippen LogP contribution in [0.5, 0.6) is 0 Å². The summed E-state index contributed by atoms with van der Waals surface area (Å²) in [6, 6.07) is 7.83. The van der Waals surface area contributed by atoms with E-state index in [1.807, 2.05) is 38.1 Å². The third-order valence-corrected chi connectivity index (χ3v) is 3.33. The predicted octanol–water partition coefficient (Wildman–Crippen LogP) is 2.82. The van der Waals surface area contributed by atoms with Crippen LogP contribution in [-0.4, -0.2) is 29.6 Å². The van der Waals surface area contributed by atoms with Crippen LogP contribution in [0.4, 0.5) is 5.69 Å². The number of esters is 1. The molecule has 0 bridgehead atoms. The standard InChI is InChI=1S/C16H26N2O2/c1-5-15(16(19)20-6-2)18(12(3)4)11-13-8-7-9-14(17)10-13/h7-10,12,15H,5-6,11,17H2,1-4H3. The van der Waals surface area contributed by atoms with E-state index in [1.54, 1.807) is 0 Å². The Kier molecular flexibility index (Phi) is 6.52. The highest BCUT2D eigenvalue weighted by molar-refractivity contribution is 5.75. The fraction of sp³-hybridized carbons (Fsp3) is 0.562. The quantitative estimate of drug-likeness (QED) is 0.615. The zero-order valence-electron chi connectivity index (χ0n) is 12.9. The van der Waals surface area contributed by atoms with Gasteiger partial charge in [-0.3, -0.25) is 9.69 Å². The molecule has 1 unspecified atom stereocenters. The molecule has 4 heteroatoms. The van der Waals surface area contributed by atoms with Crippen LogP contribution in [0.1, 0.15) is 39.7 Å². The van der Waals surface area contributed by atoms with Crippen molar-refractivity contribution in [2.75, 3.05) is 12.3 Å². The molecule has 1 rings (SSSR count). The van der Waals surface area contributed by atoms with Gasteiger partial charge in [-0.15, -0.1) is 0 Å². The number of rotatable bonds is 7. The van der Waals surface area contributed by atoms with Gasteiger partial charge in [0.2, 0.25) is 0 Å². The minimum absolute atomic E-state index is 0.146. The third-order valence-electron chi connectivity index (χ3n) is 3.33. The molecule has 4 nitrogen and oxygen atoms in total. The van der Waals surface area contributed by atoms with Gasteiger partial charge in [0.15, 0.2) is 0 Å². The molecule has 2 N–H and O–H groups in total. The second-order valence-electron chi connectivity index (χ2n) is 5.19. The minimum Gasteiger partial charge on any atom is -0.465 e. The Morgan fingerprint density at radius 2 is 2.05 bits per heavy atom. The summed E-state index contributed by atoms with van der Waals surface area (Å²) in [4.78, 5) is 14.2. The van der Waals surface area contributed by atoms with Crippen molar-refractivity contribution >= 4 is 11.7 Å². The highest BCUT2D eigenvalue weighted by Gasteiger charge is 2.27. The molecular formula is C16H26N2O2. The maximum Gasteiger partial charge on any atom is 0.323 e. The van der Waals surface area contributed by atoms with E-state index in [1.165, 1.54) is 0 Å². The molecule has 0 aliphatic heterocycles. The van der Waals surface area contributed by atoms with Crippen LogP contribution in [-0.2, 0) is 16.1 Å². The van der Waals surface area contributed by atoms with Crippen molar-refractivity contribution in [2.45, 2.75) is 52.7 Å². The maximum absolute atomic E-state index is 12.1. The van der Waals surface area contributed by atoms with Gasteiger partial charge in [0.05, 0.1) is 6.61 Å². The molecule has 0 aliphatic carbocycles. The lowest BCUT2D eigenvalue weighted by atomic mass is 10.1. The van der Waals surface area contributed by atoms with Gasteiger partial charge in [0.1, 0.15) is 6.04 Å². The number of carbonyl (C=O) groups is 1. The Bertz CT molecular complexity index is 432. The number of benzene rings is 1. The van der Waals surface area contributed by atoms with Crippen LogP contribution < -0.4 is 5.73 Å². The van der Waals surface area contributed by atoms with Gasteiger partial charge in [0.25, 0.3) is 0 Å². The van der Waals surface area contributed by atoms with Crippen molar-refractivity contribution in [1.82, 2.24) is 4.90 Å². The molecule has 0 aromatic heterocycles. The van der Waals surface area contributed by atoms with Gasteiger partial charge in [-0.25, -0.2) is 0 Å². The van der Waals surface area contributed by atoms with Crippen molar-refractivity contribution in [1.29, 1.82) is 0 Å². The summed E-state index contributed by atoms with van der Waals surface area (Å²) in [7, 11) is 0. The first kappa shape index (κ1) is 16.5. The largest absolute Gasteiger partial charge is 0.465 e. The Labute approximate surface area is 121 Å². The van der Waals surface area contributed by atoms with Crippen molar-refractivity contribution in [3.8, 4) is 0 Å². The highest BCUT2D eigenvalue weighted by Crippen LogP contribution is 2.17. The second kappa shape index (κ2) is 7.90. The van der Waals surface area contributed by atoms with Crippen LogP contribution in [0.15, 0.2) is 24.3 Å². The predicted molar refractivity (Wildman–Crippen MR) is 82.2 cm³/mol. The topological polar surface area (TPSA) is 55.6 Å². The number of nitrogen functional groups attached to an aromatic ring is 1. The van der Waals surface area contributed by atoms with Crippen molar-refractivity contribution in [3.63, 3.8) is 0 Å². The molecule has 0 fully saturated rings. The van der Waals surface area contributed by atoms with Crippen molar-refractivity contribution in [2.24, 2.45) is 0 Å². The normalized spacial score (nSPS) is 12.7. The number of carbonyl (C=O) groups excluding carboxylic acids is 1. The van der Waals surface area contributed by atoms with Gasteiger partial charge in [-0.2, -0.15) is 0 Å². The summed E-state index contributed by atoms with van der Waals surface area (Å²) < 4.78 is 5.18. The van der Waals surface area contributed by atoms with Gasteiger partial charge < -0.3 is 10.5 Å². The molecule has 0 radical (unpaired) electrons. The number of hydrogen-bond acceptors (Lipinski definition) is 4. The Morgan fingerprint density at radius 3 is 2.55 bits per heavy atom. The van der Waals surface area contributed by atoms with E-state index in [-0.39, 0.29) is 18.1 Å². The van der Waals surface area contributed by atoms with Crippen LogP contribution in [0, 0.1) is 0 Å². The first-order valence-corrected chi connectivity index (χ1v) is 7.26. The van der Waals surface area contributed by atoms with E-state index in [0.717, 1.165) is 17.7 Å². The summed E-state index contributed by atoms with van der Waals surface area (Å²) in [5, 5.41) is 0. The zero-order chi connectivity index (χ0) is 15.1. The van der Waals surface area contributed by atoms with Crippen LogP contribution in [0.25, 0.3) is 0 Å². The zero-order valence-corrected chi connectivity index (χ0v) is 12.9. The molecule has 0 amide bonds. The Balaban J connectivity index is 2.89. The average molecular weight is 278 g/mol. The molecule has 1 aromatic carbocycles. The lowest BCUT2D eigenvalue weighted by molar-refractivity contribution is -0.150. The molecule has 0 heterocycles. The molecule has 0 saturated carbocycles. The van der Waals surface area contributed by atoms with Crippen LogP contribution in [0.3, 0.4) is 0 Å². The van der Waals surface area contributed by atoms with E-state index in [0.29, 0.717) is 13.2 Å². The van der Waals surface area contributed by atoms with Crippen LogP contribution in [0.2, 0.25) is 0 Å². The molecule has 0 saturated heterocycles. The fourth-order valence-corrected chi connectivity index (χ4v) is 2.33. The van der Waals surface area contributed by atoms with E-state index in [9.17, 15) is 4.79 Å². The molecule has 1 atom stereocenters. The average Bonchev–Trinajstić information content (AvgIpc) is 2.38. The molecule has 20 heavy (non-hydrogen) atoms. The molecular weight excluding hydrogens is 252 g/mol. The fourth-order valence-electron chi connectivity index (χ4n) is 2.33. The van der Waals surface area contributed by atoms with Gasteiger partial charge in [-0.1, -0.05) is 19.1 Å². The third kappa shape index (κ3) is 4.53. The minimum atomic E-state index is -0.212.